The maximum absolute atomic E-state index is 12.3. The van der Waals surface area contributed by atoms with Gasteiger partial charge in [-0.1, -0.05) is 0 Å². The van der Waals surface area contributed by atoms with E-state index >= 15 is 0 Å². The van der Waals surface area contributed by atoms with E-state index in [4.69, 9.17) is 9.47 Å². The number of amides is 1. The van der Waals surface area contributed by atoms with Crippen molar-refractivity contribution in [3.05, 3.63) is 60.0 Å². The zero-order valence-corrected chi connectivity index (χ0v) is 15.9. The Kier molecular flexibility index (Phi) is 5.96. The Labute approximate surface area is 159 Å². The van der Waals surface area contributed by atoms with Crippen LogP contribution < -0.4 is 14.8 Å². The van der Waals surface area contributed by atoms with Gasteiger partial charge in [-0.15, -0.1) is 0 Å². The monoisotopic (exact) mass is 367 g/mol. The SMILES string of the molecule is CCOc1cccn2cc(CCNC(=O)c3ccc(OC(C)C)cc3)nc12. The van der Waals surface area contributed by atoms with Crippen LogP contribution in [0.25, 0.3) is 5.65 Å². The summed E-state index contributed by atoms with van der Waals surface area (Å²) < 4.78 is 13.1. The first-order valence-corrected chi connectivity index (χ1v) is 9.21. The Morgan fingerprint density at radius 1 is 1.22 bits per heavy atom. The highest BCUT2D eigenvalue weighted by molar-refractivity contribution is 5.94. The average Bonchev–Trinajstić information content (AvgIpc) is 3.06. The third-order valence-electron chi connectivity index (χ3n) is 3.95. The van der Waals surface area contributed by atoms with Crippen molar-refractivity contribution in [3.8, 4) is 11.5 Å². The van der Waals surface area contributed by atoms with Crippen LogP contribution in [0.3, 0.4) is 0 Å². The topological polar surface area (TPSA) is 64.9 Å². The maximum Gasteiger partial charge on any atom is 0.251 e. The molecule has 1 aromatic carbocycles. The largest absolute Gasteiger partial charge is 0.491 e. The van der Waals surface area contributed by atoms with Crippen LogP contribution in [0.5, 0.6) is 11.5 Å². The lowest BCUT2D eigenvalue weighted by atomic mass is 10.2. The van der Waals surface area contributed by atoms with Crippen molar-refractivity contribution in [2.75, 3.05) is 13.2 Å². The number of aromatic nitrogens is 2. The molecule has 0 saturated carbocycles. The third-order valence-corrected chi connectivity index (χ3v) is 3.95. The van der Waals surface area contributed by atoms with Crippen molar-refractivity contribution in [2.45, 2.75) is 33.3 Å². The van der Waals surface area contributed by atoms with Gasteiger partial charge in [0.2, 0.25) is 0 Å². The summed E-state index contributed by atoms with van der Waals surface area (Å²) in [6, 6.07) is 11.0. The number of rotatable bonds is 8. The fourth-order valence-corrected chi connectivity index (χ4v) is 2.79. The van der Waals surface area contributed by atoms with Gasteiger partial charge in [-0.3, -0.25) is 4.79 Å². The van der Waals surface area contributed by atoms with Gasteiger partial charge < -0.3 is 19.2 Å². The van der Waals surface area contributed by atoms with Crippen molar-refractivity contribution in [2.24, 2.45) is 0 Å². The summed E-state index contributed by atoms with van der Waals surface area (Å²) in [5.74, 6) is 1.42. The van der Waals surface area contributed by atoms with E-state index < -0.39 is 0 Å². The minimum Gasteiger partial charge on any atom is -0.491 e. The molecule has 0 radical (unpaired) electrons. The summed E-state index contributed by atoms with van der Waals surface area (Å²) in [5, 5.41) is 2.93. The Morgan fingerprint density at radius 2 is 2.00 bits per heavy atom. The maximum atomic E-state index is 12.3. The molecule has 0 spiro atoms. The molecule has 3 aromatic rings. The van der Waals surface area contributed by atoms with Gasteiger partial charge in [0.25, 0.3) is 5.91 Å². The predicted molar refractivity (Wildman–Crippen MR) is 105 cm³/mol. The molecule has 1 amide bonds. The number of pyridine rings is 1. The normalized spacial score (nSPS) is 11.0. The number of nitrogens with zero attached hydrogens (tertiary/aromatic N) is 2. The molecule has 0 unspecified atom stereocenters. The molecule has 27 heavy (non-hydrogen) atoms. The molecule has 0 aliphatic carbocycles. The van der Waals surface area contributed by atoms with E-state index in [0.717, 1.165) is 22.8 Å². The molecular weight excluding hydrogens is 342 g/mol. The highest BCUT2D eigenvalue weighted by Crippen LogP contribution is 2.19. The van der Waals surface area contributed by atoms with Crippen LogP contribution in [-0.4, -0.2) is 34.5 Å². The van der Waals surface area contributed by atoms with Gasteiger partial charge >= 0.3 is 0 Å². The molecule has 3 rings (SSSR count). The second-order valence-electron chi connectivity index (χ2n) is 6.47. The molecule has 142 valence electrons. The van der Waals surface area contributed by atoms with Gasteiger partial charge in [-0.25, -0.2) is 4.98 Å². The van der Waals surface area contributed by atoms with E-state index in [1.165, 1.54) is 0 Å². The number of fused-ring (bicyclic) bond motifs is 1. The van der Waals surface area contributed by atoms with Crippen LogP contribution in [0.2, 0.25) is 0 Å². The second-order valence-corrected chi connectivity index (χ2v) is 6.47. The van der Waals surface area contributed by atoms with Crippen LogP contribution in [0, 0.1) is 0 Å². The van der Waals surface area contributed by atoms with E-state index in [1.807, 2.05) is 61.8 Å². The molecule has 0 bridgehead atoms. The number of carbonyl (C=O) groups is 1. The molecule has 0 atom stereocenters. The van der Waals surface area contributed by atoms with Crippen molar-refractivity contribution >= 4 is 11.6 Å². The van der Waals surface area contributed by atoms with E-state index in [0.29, 0.717) is 25.1 Å². The van der Waals surface area contributed by atoms with Gasteiger partial charge in [0.15, 0.2) is 11.4 Å². The number of benzene rings is 1. The first-order chi connectivity index (χ1) is 13.1. The number of hydrogen-bond donors (Lipinski definition) is 1. The quantitative estimate of drug-likeness (QED) is 0.662. The van der Waals surface area contributed by atoms with Gasteiger partial charge in [-0.2, -0.15) is 0 Å². The van der Waals surface area contributed by atoms with Gasteiger partial charge in [0.1, 0.15) is 5.75 Å². The Bertz CT molecular complexity index is 901. The molecule has 0 aliphatic rings. The molecule has 6 nitrogen and oxygen atoms in total. The third kappa shape index (κ3) is 4.78. The number of hydrogen-bond acceptors (Lipinski definition) is 4. The fraction of sp³-hybridized carbons (Fsp3) is 0.333. The summed E-state index contributed by atoms with van der Waals surface area (Å²) in [6.45, 7) is 6.99. The van der Waals surface area contributed by atoms with Gasteiger partial charge in [0.05, 0.1) is 18.4 Å². The van der Waals surface area contributed by atoms with Crippen molar-refractivity contribution < 1.29 is 14.3 Å². The highest BCUT2D eigenvalue weighted by atomic mass is 16.5. The van der Waals surface area contributed by atoms with E-state index in [-0.39, 0.29) is 12.0 Å². The average molecular weight is 367 g/mol. The Hall–Kier alpha value is -3.02. The Morgan fingerprint density at radius 3 is 2.70 bits per heavy atom. The molecule has 0 fully saturated rings. The molecule has 0 saturated heterocycles. The number of imidazole rings is 1. The first kappa shape index (κ1) is 18.8. The zero-order chi connectivity index (χ0) is 19.2. The van der Waals surface area contributed by atoms with Crippen LogP contribution in [-0.2, 0) is 6.42 Å². The number of carbonyl (C=O) groups excluding carboxylic acids is 1. The van der Waals surface area contributed by atoms with E-state index in [2.05, 4.69) is 10.3 Å². The van der Waals surface area contributed by atoms with Gasteiger partial charge in [-0.05, 0) is 57.2 Å². The number of ether oxygens (including phenoxy) is 2. The minimum absolute atomic E-state index is 0.107. The highest BCUT2D eigenvalue weighted by Gasteiger charge is 2.09. The van der Waals surface area contributed by atoms with Crippen LogP contribution in [0.1, 0.15) is 36.8 Å². The second kappa shape index (κ2) is 8.58. The van der Waals surface area contributed by atoms with Gasteiger partial charge in [0, 0.05) is 30.9 Å². The lowest BCUT2D eigenvalue weighted by Crippen LogP contribution is -2.25. The lowest BCUT2D eigenvalue weighted by molar-refractivity contribution is 0.0954. The summed E-state index contributed by atoms with van der Waals surface area (Å²) >= 11 is 0. The first-order valence-electron chi connectivity index (χ1n) is 9.21. The number of nitrogens with one attached hydrogen (secondary N) is 1. The summed E-state index contributed by atoms with van der Waals surface area (Å²) in [6.07, 6.45) is 4.65. The summed E-state index contributed by atoms with van der Waals surface area (Å²) in [4.78, 5) is 16.9. The minimum atomic E-state index is -0.107. The zero-order valence-electron chi connectivity index (χ0n) is 15.9. The molecule has 1 N–H and O–H groups in total. The standard InChI is InChI=1S/C21H25N3O3/c1-4-26-19-6-5-13-24-14-17(23-20(19)24)11-12-22-21(25)16-7-9-18(10-8-16)27-15(2)3/h5-10,13-15H,4,11-12H2,1-3H3,(H,22,25). The molecule has 2 heterocycles. The van der Waals surface area contributed by atoms with Crippen molar-refractivity contribution in [1.82, 2.24) is 14.7 Å². The van der Waals surface area contributed by atoms with E-state index in [1.54, 1.807) is 12.1 Å². The smallest absolute Gasteiger partial charge is 0.251 e. The van der Waals surface area contributed by atoms with Crippen LogP contribution in [0.15, 0.2) is 48.8 Å². The Balaban J connectivity index is 1.57. The summed E-state index contributed by atoms with van der Waals surface area (Å²) in [5.41, 5.74) is 2.31. The van der Waals surface area contributed by atoms with Crippen molar-refractivity contribution in [1.29, 1.82) is 0 Å². The van der Waals surface area contributed by atoms with Crippen LogP contribution >= 0.6 is 0 Å². The van der Waals surface area contributed by atoms with Crippen LogP contribution in [0.4, 0.5) is 0 Å². The molecule has 6 heteroatoms. The lowest BCUT2D eigenvalue weighted by Gasteiger charge is -2.10. The fourth-order valence-electron chi connectivity index (χ4n) is 2.79. The summed E-state index contributed by atoms with van der Waals surface area (Å²) in [7, 11) is 0. The van der Waals surface area contributed by atoms with Crippen molar-refractivity contribution in [3.63, 3.8) is 0 Å². The molecule has 0 aliphatic heterocycles. The molecular formula is C21H25N3O3. The predicted octanol–water partition coefficient (Wildman–Crippen LogP) is 3.49. The molecule has 2 aromatic heterocycles. The van der Waals surface area contributed by atoms with E-state index in [9.17, 15) is 4.79 Å².